The van der Waals surface area contributed by atoms with Crippen LogP contribution in [0.15, 0.2) is 143 Å². The highest BCUT2D eigenvalue weighted by molar-refractivity contribution is 8.00. The van der Waals surface area contributed by atoms with Crippen LogP contribution in [0.4, 0.5) is 11.4 Å². The molecule has 0 saturated heterocycles. The van der Waals surface area contributed by atoms with Crippen molar-refractivity contribution in [1.29, 1.82) is 0 Å². The first-order chi connectivity index (χ1) is 23.5. The van der Waals surface area contributed by atoms with Gasteiger partial charge in [-0.05, 0) is 90.0 Å². The summed E-state index contributed by atoms with van der Waals surface area (Å²) in [6, 6.07) is 34.9. The van der Waals surface area contributed by atoms with E-state index in [9.17, 15) is 22.8 Å². The number of carbonyl (C=O) groups excluding carboxylic acids is 3. The van der Waals surface area contributed by atoms with Gasteiger partial charge in [-0.25, -0.2) is 13.6 Å². The van der Waals surface area contributed by atoms with Crippen LogP contribution in [-0.4, -0.2) is 26.1 Å². The van der Waals surface area contributed by atoms with Crippen LogP contribution in [0.25, 0.3) is 6.08 Å². The molecule has 5 N–H and O–H groups in total. The summed E-state index contributed by atoms with van der Waals surface area (Å²) in [7, 11) is -3.87. The Bertz CT molecular complexity index is 2110. The molecule has 0 aliphatic heterocycles. The Balaban J connectivity index is 1.33. The summed E-state index contributed by atoms with van der Waals surface area (Å²) < 4.78 is 23.2. The average molecular weight is 732 g/mol. The molecule has 248 valence electrons. The van der Waals surface area contributed by atoms with Gasteiger partial charge in [0.2, 0.25) is 15.9 Å². The van der Waals surface area contributed by atoms with Crippen molar-refractivity contribution in [3.05, 3.63) is 160 Å². The number of anilines is 2. The van der Waals surface area contributed by atoms with Gasteiger partial charge >= 0.3 is 0 Å². The van der Waals surface area contributed by atoms with E-state index in [0.717, 1.165) is 10.5 Å². The number of nitrogens with two attached hydrogens (primary N) is 1. The molecule has 0 bridgehead atoms. The van der Waals surface area contributed by atoms with Crippen LogP contribution in [0.3, 0.4) is 0 Å². The van der Waals surface area contributed by atoms with Crippen LogP contribution in [0.1, 0.15) is 26.7 Å². The molecule has 0 saturated carbocycles. The predicted octanol–water partition coefficient (Wildman–Crippen LogP) is 7.52. The van der Waals surface area contributed by atoms with Gasteiger partial charge in [0.15, 0.2) is 0 Å². The normalized spacial score (nSPS) is 12.1. The van der Waals surface area contributed by atoms with Crippen molar-refractivity contribution in [1.82, 2.24) is 5.32 Å². The Kier molecular flexibility index (Phi) is 11.6. The Morgan fingerprint density at radius 3 is 1.94 bits per heavy atom. The number of rotatable bonds is 11. The maximum Gasteiger partial charge on any atom is 0.272 e. The summed E-state index contributed by atoms with van der Waals surface area (Å²) in [5, 5.41) is 13.5. The summed E-state index contributed by atoms with van der Waals surface area (Å²) in [6.07, 6.45) is 1.46. The zero-order valence-electron chi connectivity index (χ0n) is 25.5. The Morgan fingerprint density at radius 2 is 1.33 bits per heavy atom. The lowest BCUT2D eigenvalue weighted by Crippen LogP contribution is -2.30. The average Bonchev–Trinajstić information content (AvgIpc) is 3.09. The number of primary sulfonamides is 1. The van der Waals surface area contributed by atoms with Gasteiger partial charge in [0.05, 0.1) is 4.90 Å². The number of nitrogens with one attached hydrogen (secondary N) is 3. The zero-order chi connectivity index (χ0) is 35.0. The molecule has 3 amide bonds. The smallest absolute Gasteiger partial charge is 0.272 e. The fourth-order valence-corrected chi connectivity index (χ4v) is 6.51. The van der Waals surface area contributed by atoms with Crippen molar-refractivity contribution in [2.45, 2.75) is 15.0 Å². The van der Waals surface area contributed by atoms with Gasteiger partial charge in [-0.3, -0.25) is 14.4 Å². The van der Waals surface area contributed by atoms with E-state index >= 15 is 0 Å². The molecule has 9 nitrogen and oxygen atoms in total. The standard InChI is InChI=1S/C36H28Cl2N4O5S2/c37-26-12-11-25(31(38)22-26)21-32(42-34(43)24-9-5-2-6-10-24)35(44)40-27-13-17-29(18-14-27)48-33(23-7-3-1-4-8-23)36(45)41-28-15-19-30(20-16-28)49(39,46)47/h1-22,33H,(H,40,44)(H,41,45)(H,42,43)(H2,39,46,47)/b32-21-. The minimum atomic E-state index is -3.87. The monoisotopic (exact) mass is 730 g/mol. The summed E-state index contributed by atoms with van der Waals surface area (Å²) in [4.78, 5) is 40.6. The van der Waals surface area contributed by atoms with E-state index in [4.69, 9.17) is 28.3 Å². The minimum absolute atomic E-state index is 0.0468. The van der Waals surface area contributed by atoms with Crippen LogP contribution in [0.2, 0.25) is 10.0 Å². The van der Waals surface area contributed by atoms with Crippen molar-refractivity contribution in [3.8, 4) is 0 Å². The maximum atomic E-state index is 13.5. The van der Waals surface area contributed by atoms with Gasteiger partial charge in [-0.2, -0.15) is 0 Å². The molecule has 5 aromatic rings. The molecule has 49 heavy (non-hydrogen) atoms. The molecule has 0 aliphatic rings. The van der Waals surface area contributed by atoms with Gasteiger partial charge in [-0.15, -0.1) is 11.8 Å². The van der Waals surface area contributed by atoms with Crippen LogP contribution >= 0.6 is 35.0 Å². The third-order valence-electron chi connectivity index (χ3n) is 6.95. The van der Waals surface area contributed by atoms with Gasteiger partial charge < -0.3 is 16.0 Å². The molecule has 0 aromatic heterocycles. The summed E-state index contributed by atoms with van der Waals surface area (Å²) >= 11 is 13.7. The lowest BCUT2D eigenvalue weighted by atomic mass is 10.1. The van der Waals surface area contributed by atoms with Crippen LogP contribution < -0.4 is 21.1 Å². The lowest BCUT2D eigenvalue weighted by molar-refractivity contribution is -0.116. The maximum absolute atomic E-state index is 13.5. The van der Waals surface area contributed by atoms with Crippen LogP contribution in [-0.2, 0) is 19.6 Å². The van der Waals surface area contributed by atoms with Gasteiger partial charge in [0, 0.05) is 31.9 Å². The first-order valence-electron chi connectivity index (χ1n) is 14.6. The Hall–Kier alpha value is -4.91. The first kappa shape index (κ1) is 35.4. The number of carbonyl (C=O) groups is 3. The number of thioether (sulfide) groups is 1. The van der Waals surface area contributed by atoms with Gasteiger partial charge in [0.25, 0.3) is 11.8 Å². The summed E-state index contributed by atoms with van der Waals surface area (Å²) in [5.41, 5.74) is 2.37. The molecule has 5 rings (SSSR count). The van der Waals surface area contributed by atoms with E-state index in [-0.39, 0.29) is 16.5 Å². The molecule has 0 aliphatic carbocycles. The quantitative estimate of drug-likeness (QED) is 0.0817. The molecule has 1 atom stereocenters. The third kappa shape index (κ3) is 9.82. The molecular formula is C36H28Cl2N4O5S2. The van der Waals surface area contributed by atoms with Gasteiger partial charge in [-0.1, -0.05) is 77.8 Å². The first-order valence-corrected chi connectivity index (χ1v) is 17.7. The highest BCUT2D eigenvalue weighted by Gasteiger charge is 2.23. The molecule has 1 unspecified atom stereocenters. The Labute approximate surface area is 297 Å². The highest BCUT2D eigenvalue weighted by atomic mass is 35.5. The fourth-order valence-electron chi connectivity index (χ4n) is 4.50. The van der Waals surface area contributed by atoms with Crippen molar-refractivity contribution in [2.75, 3.05) is 10.6 Å². The van der Waals surface area contributed by atoms with E-state index in [0.29, 0.717) is 32.5 Å². The minimum Gasteiger partial charge on any atom is -0.325 e. The topological polar surface area (TPSA) is 147 Å². The van der Waals surface area contributed by atoms with E-state index in [1.54, 1.807) is 66.7 Å². The third-order valence-corrected chi connectivity index (χ3v) is 9.71. The van der Waals surface area contributed by atoms with Crippen LogP contribution in [0, 0.1) is 0 Å². The van der Waals surface area contributed by atoms with Crippen molar-refractivity contribution in [3.63, 3.8) is 0 Å². The predicted molar refractivity (Wildman–Crippen MR) is 195 cm³/mol. The van der Waals surface area contributed by atoms with E-state index in [1.807, 2.05) is 30.3 Å². The summed E-state index contributed by atoms with van der Waals surface area (Å²) in [6.45, 7) is 0. The van der Waals surface area contributed by atoms with Crippen molar-refractivity contribution >= 4 is 80.2 Å². The lowest BCUT2D eigenvalue weighted by Gasteiger charge is -2.18. The van der Waals surface area contributed by atoms with E-state index in [1.165, 1.54) is 48.2 Å². The summed E-state index contributed by atoms with van der Waals surface area (Å²) in [5.74, 6) is -1.41. The second-order valence-electron chi connectivity index (χ2n) is 10.5. The largest absolute Gasteiger partial charge is 0.325 e. The number of hydrogen-bond donors (Lipinski definition) is 4. The van der Waals surface area contributed by atoms with E-state index in [2.05, 4.69) is 16.0 Å². The number of amides is 3. The molecule has 0 fully saturated rings. The second kappa shape index (κ2) is 16.0. The molecule has 0 radical (unpaired) electrons. The number of sulfonamides is 1. The van der Waals surface area contributed by atoms with Crippen LogP contribution in [0.5, 0.6) is 0 Å². The molecule has 13 heteroatoms. The Morgan fingerprint density at radius 1 is 0.735 bits per heavy atom. The fraction of sp³-hybridized carbons (Fsp3) is 0.0278. The number of hydrogen-bond acceptors (Lipinski definition) is 6. The van der Waals surface area contributed by atoms with Gasteiger partial charge in [0.1, 0.15) is 10.9 Å². The zero-order valence-corrected chi connectivity index (χ0v) is 28.6. The van der Waals surface area contributed by atoms with E-state index < -0.39 is 27.1 Å². The van der Waals surface area contributed by atoms with Crippen molar-refractivity contribution < 1.29 is 22.8 Å². The number of benzene rings is 5. The molecule has 0 heterocycles. The number of halogens is 2. The highest BCUT2D eigenvalue weighted by Crippen LogP contribution is 2.37. The second-order valence-corrected chi connectivity index (χ2v) is 14.1. The molecule has 5 aromatic carbocycles. The molecular weight excluding hydrogens is 703 g/mol. The molecule has 0 spiro atoms. The SMILES string of the molecule is NS(=O)(=O)c1ccc(NC(=O)C(Sc2ccc(NC(=O)/C(=C/c3ccc(Cl)cc3Cl)NC(=O)c3ccccc3)cc2)c2ccccc2)cc1. The van der Waals surface area contributed by atoms with Crippen molar-refractivity contribution in [2.24, 2.45) is 5.14 Å².